The summed E-state index contributed by atoms with van der Waals surface area (Å²) in [6.45, 7) is 0. The monoisotopic (exact) mass is 349 g/mol. The number of H-pyrrole nitrogens is 1. The summed E-state index contributed by atoms with van der Waals surface area (Å²) in [7, 11) is 3.85. The Bertz CT molecular complexity index is 678. The van der Waals surface area contributed by atoms with Gasteiger partial charge in [-0.3, -0.25) is 9.89 Å². The molecule has 2 N–H and O–H groups in total. The number of carbonyl (C=O) groups is 1. The van der Waals surface area contributed by atoms with E-state index in [0.29, 0.717) is 5.92 Å². The van der Waals surface area contributed by atoms with Gasteiger partial charge in [-0.15, -0.1) is 5.10 Å². The molecule has 21 heavy (non-hydrogen) atoms. The minimum atomic E-state index is -0.306. The quantitative estimate of drug-likeness (QED) is 0.889. The number of aromatic amines is 1. The molecule has 7 heteroatoms. The highest BCUT2D eigenvalue weighted by atomic mass is 79.9. The predicted molar refractivity (Wildman–Crippen MR) is 84.8 cm³/mol. The van der Waals surface area contributed by atoms with Crippen LogP contribution >= 0.6 is 15.9 Å². The van der Waals surface area contributed by atoms with E-state index >= 15 is 0 Å². The average molecular weight is 350 g/mol. The second kappa shape index (κ2) is 5.48. The van der Waals surface area contributed by atoms with Crippen LogP contribution in [0, 0.1) is 0 Å². The summed E-state index contributed by atoms with van der Waals surface area (Å²) in [5, 5.41) is 9.70. The molecule has 0 spiro atoms. The number of carbonyl (C=O) groups excluding carboxylic acids is 1. The van der Waals surface area contributed by atoms with Crippen molar-refractivity contribution < 1.29 is 4.79 Å². The van der Waals surface area contributed by atoms with Crippen LogP contribution in [0.15, 0.2) is 22.7 Å². The molecule has 1 aromatic carbocycles. The molecule has 6 nitrogen and oxygen atoms in total. The largest absolute Gasteiger partial charge is 0.376 e. The molecule has 0 atom stereocenters. The maximum Gasteiger partial charge on any atom is 0.295 e. The van der Waals surface area contributed by atoms with Gasteiger partial charge in [-0.25, -0.2) is 4.98 Å². The highest BCUT2D eigenvalue weighted by Crippen LogP contribution is 2.37. The summed E-state index contributed by atoms with van der Waals surface area (Å²) in [5.41, 5.74) is 1.64. The Hall–Kier alpha value is -1.89. The van der Waals surface area contributed by atoms with Crippen LogP contribution in [0.3, 0.4) is 0 Å². The number of aromatic nitrogens is 3. The molecule has 2 aromatic rings. The zero-order valence-electron chi connectivity index (χ0n) is 11.9. The Morgan fingerprint density at radius 2 is 2.19 bits per heavy atom. The minimum Gasteiger partial charge on any atom is -0.376 e. The van der Waals surface area contributed by atoms with Crippen LogP contribution in [0.25, 0.3) is 0 Å². The Morgan fingerprint density at radius 1 is 1.43 bits per heavy atom. The molecular formula is C14H16BrN5O. The molecule has 110 valence electrons. The van der Waals surface area contributed by atoms with Crippen molar-refractivity contribution in [2.24, 2.45) is 0 Å². The minimum absolute atomic E-state index is 0.182. The SMILES string of the molecule is CN(C)c1ccc(Br)cc1NC(=O)c1n[nH]c(C2CC2)n1. The Morgan fingerprint density at radius 3 is 2.86 bits per heavy atom. The van der Waals surface area contributed by atoms with E-state index in [9.17, 15) is 4.79 Å². The van der Waals surface area contributed by atoms with Crippen molar-refractivity contribution in [3.8, 4) is 0 Å². The van der Waals surface area contributed by atoms with Crippen LogP contribution in [-0.2, 0) is 0 Å². The maximum atomic E-state index is 12.3. The summed E-state index contributed by atoms with van der Waals surface area (Å²) in [6.07, 6.45) is 2.24. The van der Waals surface area contributed by atoms with E-state index in [-0.39, 0.29) is 11.7 Å². The first-order valence-corrected chi connectivity index (χ1v) is 7.54. The van der Waals surface area contributed by atoms with Gasteiger partial charge in [0, 0.05) is 24.5 Å². The highest BCUT2D eigenvalue weighted by molar-refractivity contribution is 9.10. The number of hydrogen-bond donors (Lipinski definition) is 2. The molecule has 1 heterocycles. The molecule has 0 unspecified atom stereocenters. The van der Waals surface area contributed by atoms with Gasteiger partial charge >= 0.3 is 0 Å². The molecule has 1 aliphatic rings. The number of amides is 1. The molecule has 0 aliphatic heterocycles. The summed E-state index contributed by atoms with van der Waals surface area (Å²) in [5.74, 6) is 1.13. The number of benzene rings is 1. The Kier molecular flexibility index (Phi) is 3.67. The fraction of sp³-hybridized carbons (Fsp3) is 0.357. The molecule has 0 radical (unpaired) electrons. The third-order valence-corrected chi connectivity index (χ3v) is 3.85. The second-order valence-electron chi connectivity index (χ2n) is 5.33. The van der Waals surface area contributed by atoms with Gasteiger partial charge in [-0.1, -0.05) is 15.9 Å². The number of nitrogens with one attached hydrogen (secondary N) is 2. The summed E-state index contributed by atoms with van der Waals surface area (Å²) < 4.78 is 0.900. The van der Waals surface area contributed by atoms with Crippen LogP contribution in [-0.4, -0.2) is 35.2 Å². The van der Waals surface area contributed by atoms with Crippen LogP contribution in [0.5, 0.6) is 0 Å². The van der Waals surface area contributed by atoms with Gasteiger partial charge in [0.15, 0.2) is 0 Å². The number of halogens is 1. The van der Waals surface area contributed by atoms with E-state index in [4.69, 9.17) is 0 Å². The van der Waals surface area contributed by atoms with E-state index in [1.54, 1.807) is 0 Å². The van der Waals surface area contributed by atoms with E-state index in [1.807, 2.05) is 37.2 Å². The fourth-order valence-electron chi connectivity index (χ4n) is 2.09. The van der Waals surface area contributed by atoms with Gasteiger partial charge in [0.2, 0.25) is 5.82 Å². The van der Waals surface area contributed by atoms with Gasteiger partial charge in [0.25, 0.3) is 5.91 Å². The predicted octanol–water partition coefficient (Wildman–Crippen LogP) is 2.76. The molecule has 1 aliphatic carbocycles. The highest BCUT2D eigenvalue weighted by Gasteiger charge is 2.28. The van der Waals surface area contributed by atoms with E-state index in [0.717, 1.165) is 34.5 Å². The summed E-state index contributed by atoms with van der Waals surface area (Å²) in [6, 6.07) is 5.73. The number of anilines is 2. The number of nitrogens with zero attached hydrogens (tertiary/aromatic N) is 3. The van der Waals surface area contributed by atoms with E-state index in [1.165, 1.54) is 0 Å². The normalized spacial score (nSPS) is 14.0. The van der Waals surface area contributed by atoms with E-state index in [2.05, 4.69) is 36.4 Å². The lowest BCUT2D eigenvalue weighted by atomic mass is 10.2. The van der Waals surface area contributed by atoms with Crippen LogP contribution in [0.2, 0.25) is 0 Å². The Labute approximate surface area is 131 Å². The lowest BCUT2D eigenvalue weighted by Gasteiger charge is -2.17. The van der Waals surface area contributed by atoms with Gasteiger partial charge in [-0.2, -0.15) is 0 Å². The van der Waals surface area contributed by atoms with Gasteiger partial charge < -0.3 is 10.2 Å². The van der Waals surface area contributed by atoms with Crippen molar-refractivity contribution >= 4 is 33.2 Å². The molecule has 1 amide bonds. The summed E-state index contributed by atoms with van der Waals surface area (Å²) in [4.78, 5) is 18.5. The topological polar surface area (TPSA) is 73.9 Å². The van der Waals surface area contributed by atoms with Crippen molar-refractivity contribution in [3.05, 3.63) is 34.3 Å². The van der Waals surface area contributed by atoms with Crippen molar-refractivity contribution in [1.82, 2.24) is 15.2 Å². The number of hydrogen-bond acceptors (Lipinski definition) is 4. The first-order chi connectivity index (χ1) is 10.0. The summed E-state index contributed by atoms with van der Waals surface area (Å²) >= 11 is 3.42. The molecule has 1 saturated carbocycles. The number of rotatable bonds is 4. The van der Waals surface area contributed by atoms with Gasteiger partial charge in [0.05, 0.1) is 11.4 Å². The van der Waals surface area contributed by atoms with Crippen molar-refractivity contribution in [2.75, 3.05) is 24.3 Å². The Balaban J connectivity index is 1.81. The molecular weight excluding hydrogens is 334 g/mol. The van der Waals surface area contributed by atoms with Crippen molar-refractivity contribution in [1.29, 1.82) is 0 Å². The van der Waals surface area contributed by atoms with E-state index < -0.39 is 0 Å². The van der Waals surface area contributed by atoms with Crippen LogP contribution < -0.4 is 10.2 Å². The van der Waals surface area contributed by atoms with Gasteiger partial charge in [-0.05, 0) is 31.0 Å². The van der Waals surface area contributed by atoms with Crippen LogP contribution in [0.4, 0.5) is 11.4 Å². The van der Waals surface area contributed by atoms with Crippen molar-refractivity contribution in [3.63, 3.8) is 0 Å². The lowest BCUT2D eigenvalue weighted by molar-refractivity contribution is 0.101. The molecule has 1 fully saturated rings. The van der Waals surface area contributed by atoms with Crippen molar-refractivity contribution in [2.45, 2.75) is 18.8 Å². The molecule has 3 rings (SSSR count). The fourth-order valence-corrected chi connectivity index (χ4v) is 2.45. The zero-order chi connectivity index (χ0) is 15.0. The molecule has 1 aromatic heterocycles. The lowest BCUT2D eigenvalue weighted by Crippen LogP contribution is -2.17. The smallest absolute Gasteiger partial charge is 0.295 e. The first-order valence-electron chi connectivity index (χ1n) is 6.75. The first kappa shape index (κ1) is 14.1. The van der Waals surface area contributed by atoms with Gasteiger partial charge in [0.1, 0.15) is 5.82 Å². The third-order valence-electron chi connectivity index (χ3n) is 3.36. The second-order valence-corrected chi connectivity index (χ2v) is 6.24. The average Bonchev–Trinajstić information content (AvgIpc) is 3.16. The third kappa shape index (κ3) is 3.07. The molecule has 0 bridgehead atoms. The standard InChI is InChI=1S/C14H16BrN5O/c1-20(2)11-6-5-9(15)7-10(11)16-14(21)13-17-12(18-19-13)8-3-4-8/h5-8H,3-4H2,1-2H3,(H,16,21)(H,17,18,19). The zero-order valence-corrected chi connectivity index (χ0v) is 13.4. The maximum absolute atomic E-state index is 12.3. The molecule has 0 saturated heterocycles. The van der Waals surface area contributed by atoms with Crippen LogP contribution in [0.1, 0.15) is 35.2 Å².